The van der Waals surface area contributed by atoms with E-state index in [1.165, 1.54) is 4.90 Å². The Morgan fingerprint density at radius 3 is 2.32 bits per heavy atom. The van der Waals surface area contributed by atoms with Gasteiger partial charge in [-0.25, -0.2) is 0 Å². The van der Waals surface area contributed by atoms with Crippen molar-refractivity contribution in [1.29, 1.82) is 0 Å². The van der Waals surface area contributed by atoms with Crippen LogP contribution in [-0.4, -0.2) is 33.8 Å². The summed E-state index contributed by atoms with van der Waals surface area (Å²) in [6.45, 7) is 0. The molecule has 5 nitrogen and oxygen atoms in total. The number of nitrogens with zero attached hydrogens (tertiary/aromatic N) is 1. The van der Waals surface area contributed by atoms with E-state index >= 15 is 0 Å². The molecule has 1 heterocycles. The Labute approximate surface area is 128 Å². The Balaban J connectivity index is 2.03. The second-order valence-corrected chi connectivity index (χ2v) is 6.02. The third kappa shape index (κ3) is 2.40. The lowest BCUT2D eigenvalue weighted by Crippen LogP contribution is -2.51. The fourth-order valence-corrected chi connectivity index (χ4v) is 3.55. The topological polar surface area (TPSA) is 74.7 Å². The second-order valence-electron chi connectivity index (χ2n) is 6.02. The van der Waals surface area contributed by atoms with Crippen LogP contribution in [0.3, 0.4) is 0 Å². The van der Waals surface area contributed by atoms with Crippen LogP contribution in [0.5, 0.6) is 0 Å². The van der Waals surface area contributed by atoms with E-state index in [9.17, 15) is 19.5 Å². The van der Waals surface area contributed by atoms with Crippen LogP contribution in [-0.2, 0) is 9.59 Å². The third-order valence-electron chi connectivity index (χ3n) is 4.64. The highest BCUT2D eigenvalue weighted by molar-refractivity contribution is 6.17. The molecule has 116 valence electrons. The summed E-state index contributed by atoms with van der Waals surface area (Å²) < 4.78 is 0. The Bertz CT molecular complexity index is 617. The van der Waals surface area contributed by atoms with E-state index < -0.39 is 17.8 Å². The minimum Gasteiger partial charge on any atom is -0.480 e. The van der Waals surface area contributed by atoms with Crippen molar-refractivity contribution in [3.63, 3.8) is 0 Å². The van der Waals surface area contributed by atoms with E-state index in [0.29, 0.717) is 11.1 Å². The first kappa shape index (κ1) is 14.8. The largest absolute Gasteiger partial charge is 0.480 e. The average molecular weight is 301 g/mol. The maximum atomic E-state index is 12.7. The molecule has 1 aliphatic carbocycles. The van der Waals surface area contributed by atoms with Crippen LogP contribution in [0.25, 0.3) is 0 Å². The number of hydrogen-bond donors (Lipinski definition) is 1. The normalized spacial score (nSPS) is 23.1. The van der Waals surface area contributed by atoms with Crippen molar-refractivity contribution in [2.45, 2.75) is 50.5 Å². The summed E-state index contributed by atoms with van der Waals surface area (Å²) in [6.07, 6.45) is 5.69. The van der Waals surface area contributed by atoms with Crippen LogP contribution in [0.2, 0.25) is 0 Å². The van der Waals surface area contributed by atoms with E-state index in [1.807, 2.05) is 0 Å². The molecule has 0 aromatic heterocycles. The minimum atomic E-state index is -1.27. The van der Waals surface area contributed by atoms with Gasteiger partial charge in [-0.3, -0.25) is 19.3 Å². The summed E-state index contributed by atoms with van der Waals surface area (Å²) in [5.74, 6) is -3.38. The van der Waals surface area contributed by atoms with E-state index in [2.05, 4.69) is 0 Å². The number of hydrogen-bond acceptors (Lipinski definition) is 3. The predicted octanol–water partition coefficient (Wildman–Crippen LogP) is 2.56. The molecule has 0 bridgehead atoms. The number of fused-ring (bicyclic) bond motifs is 1. The zero-order valence-electron chi connectivity index (χ0n) is 12.3. The smallest absolute Gasteiger partial charge is 0.320 e. The fraction of sp³-hybridized carbons (Fsp3) is 0.471. The molecule has 1 atom stereocenters. The summed E-state index contributed by atoms with van der Waals surface area (Å²) in [5.41, 5.74) is 0.661. The van der Waals surface area contributed by atoms with Gasteiger partial charge >= 0.3 is 5.97 Å². The Morgan fingerprint density at radius 2 is 1.68 bits per heavy atom. The van der Waals surface area contributed by atoms with E-state index in [-0.39, 0.29) is 11.9 Å². The molecule has 0 spiro atoms. The monoisotopic (exact) mass is 301 g/mol. The highest BCUT2D eigenvalue weighted by Crippen LogP contribution is 2.33. The van der Waals surface area contributed by atoms with Gasteiger partial charge in [0.1, 0.15) is 0 Å². The molecule has 2 aliphatic rings. The van der Waals surface area contributed by atoms with Crippen molar-refractivity contribution >= 4 is 17.8 Å². The molecule has 1 unspecified atom stereocenters. The van der Waals surface area contributed by atoms with E-state index in [4.69, 9.17) is 0 Å². The number of carbonyl (C=O) groups excluding carboxylic acids is 2. The van der Waals surface area contributed by atoms with Gasteiger partial charge in [0.15, 0.2) is 5.92 Å². The zero-order valence-corrected chi connectivity index (χ0v) is 12.3. The number of amides is 2. The highest BCUT2D eigenvalue weighted by atomic mass is 16.4. The fourth-order valence-electron chi connectivity index (χ4n) is 3.55. The maximum Gasteiger partial charge on any atom is 0.320 e. The Morgan fingerprint density at radius 1 is 1.05 bits per heavy atom. The Hall–Kier alpha value is -2.17. The minimum absolute atomic E-state index is 0.169. The molecule has 0 radical (unpaired) electrons. The lowest BCUT2D eigenvalue weighted by Gasteiger charge is -2.36. The highest BCUT2D eigenvalue weighted by Gasteiger charge is 2.45. The number of carboxylic acids is 1. The average Bonchev–Trinajstić information content (AvgIpc) is 2.76. The Kier molecular flexibility index (Phi) is 3.96. The molecule has 22 heavy (non-hydrogen) atoms. The molecular weight excluding hydrogens is 282 g/mol. The summed E-state index contributed by atoms with van der Waals surface area (Å²) in [4.78, 5) is 38.2. The number of aliphatic carboxylic acids is 1. The van der Waals surface area contributed by atoms with Crippen LogP contribution in [0.1, 0.15) is 60.4 Å². The lowest BCUT2D eigenvalue weighted by molar-refractivity contribution is -0.147. The summed E-state index contributed by atoms with van der Waals surface area (Å²) in [5, 5.41) is 9.45. The van der Waals surface area contributed by atoms with E-state index in [1.54, 1.807) is 24.3 Å². The first-order valence-electron chi connectivity index (χ1n) is 7.80. The van der Waals surface area contributed by atoms with Crippen LogP contribution in [0.15, 0.2) is 24.3 Å². The van der Waals surface area contributed by atoms with E-state index in [0.717, 1.165) is 38.5 Å². The quantitative estimate of drug-likeness (QED) is 0.517. The SMILES string of the molecule is O=C(O)C1C(=O)N(C2CCCCCC2)C(=O)c2ccccc21. The van der Waals surface area contributed by atoms with Crippen LogP contribution >= 0.6 is 0 Å². The molecule has 1 fully saturated rings. The van der Waals surface area contributed by atoms with Gasteiger partial charge in [0, 0.05) is 11.6 Å². The summed E-state index contributed by atoms with van der Waals surface area (Å²) in [6, 6.07) is 6.38. The standard InChI is InChI=1S/C17H19NO4/c19-15-13-10-6-5-9-12(13)14(17(21)22)16(20)18(15)11-7-3-1-2-4-8-11/h5-6,9-11,14H,1-4,7-8H2,(H,21,22). The number of rotatable bonds is 2. The van der Waals surface area contributed by atoms with Gasteiger partial charge in [-0.2, -0.15) is 0 Å². The second kappa shape index (κ2) is 5.91. The number of imide groups is 1. The molecule has 1 aromatic carbocycles. The summed E-state index contributed by atoms with van der Waals surface area (Å²) in [7, 11) is 0. The summed E-state index contributed by atoms with van der Waals surface area (Å²) >= 11 is 0. The van der Waals surface area contributed by atoms with Crippen molar-refractivity contribution in [2.75, 3.05) is 0 Å². The van der Waals surface area contributed by atoms with Crippen LogP contribution in [0.4, 0.5) is 0 Å². The number of carbonyl (C=O) groups is 3. The third-order valence-corrected chi connectivity index (χ3v) is 4.64. The van der Waals surface area contributed by atoms with Crippen molar-refractivity contribution in [3.8, 4) is 0 Å². The van der Waals surface area contributed by atoms with Crippen molar-refractivity contribution < 1.29 is 19.5 Å². The van der Waals surface area contributed by atoms with Crippen molar-refractivity contribution in [1.82, 2.24) is 4.90 Å². The van der Waals surface area contributed by atoms with Gasteiger partial charge in [0.05, 0.1) is 0 Å². The van der Waals surface area contributed by atoms with Crippen molar-refractivity contribution in [2.24, 2.45) is 0 Å². The molecule has 1 N–H and O–H groups in total. The predicted molar refractivity (Wildman–Crippen MR) is 79.5 cm³/mol. The molecule has 1 aromatic rings. The molecule has 1 aliphatic heterocycles. The van der Waals surface area contributed by atoms with Crippen molar-refractivity contribution in [3.05, 3.63) is 35.4 Å². The van der Waals surface area contributed by atoms with Gasteiger partial charge in [-0.1, -0.05) is 43.9 Å². The van der Waals surface area contributed by atoms with Gasteiger partial charge in [-0.15, -0.1) is 0 Å². The molecule has 3 rings (SSSR count). The van der Waals surface area contributed by atoms with Crippen LogP contribution < -0.4 is 0 Å². The molecule has 0 saturated heterocycles. The van der Waals surface area contributed by atoms with Gasteiger partial charge in [0.2, 0.25) is 5.91 Å². The first-order chi connectivity index (χ1) is 10.6. The zero-order chi connectivity index (χ0) is 15.7. The maximum absolute atomic E-state index is 12.7. The number of benzene rings is 1. The van der Waals surface area contributed by atoms with Gasteiger partial charge in [-0.05, 0) is 24.5 Å². The molecule has 1 saturated carbocycles. The lowest BCUT2D eigenvalue weighted by atomic mass is 9.87. The van der Waals surface area contributed by atoms with Crippen LogP contribution in [0, 0.1) is 0 Å². The van der Waals surface area contributed by atoms with Gasteiger partial charge in [0.25, 0.3) is 5.91 Å². The van der Waals surface area contributed by atoms with Gasteiger partial charge < -0.3 is 5.11 Å². The molecule has 5 heteroatoms. The number of carboxylic acid groups (broad SMARTS) is 1. The molecular formula is C17H19NO4. The first-order valence-corrected chi connectivity index (χ1v) is 7.80. The molecule has 2 amide bonds.